The van der Waals surface area contributed by atoms with Gasteiger partial charge in [0.15, 0.2) is 0 Å². The van der Waals surface area contributed by atoms with Crippen LogP contribution in [0, 0.1) is 5.92 Å². The molecular formula is C20H34N4O3. The third kappa shape index (κ3) is 4.93. The first kappa shape index (κ1) is 20.0. The number of nitrogens with one attached hydrogen (secondary N) is 1. The fraction of sp³-hybridized carbons (Fsp3) is 0.850. The SMILES string of the molecule is CN(C)C(=O)N1CCC(C(=O)N[C@H]2CC(=O)N(C3CCCCCC3)C2)CC1. The van der Waals surface area contributed by atoms with Crippen LogP contribution in [0.2, 0.25) is 0 Å². The van der Waals surface area contributed by atoms with Gasteiger partial charge in [0.2, 0.25) is 11.8 Å². The second kappa shape index (κ2) is 8.93. The van der Waals surface area contributed by atoms with Crippen LogP contribution < -0.4 is 5.32 Å². The molecule has 0 aromatic rings. The molecule has 1 aliphatic carbocycles. The molecule has 0 aromatic carbocycles. The monoisotopic (exact) mass is 378 g/mol. The van der Waals surface area contributed by atoms with Crippen LogP contribution >= 0.6 is 0 Å². The van der Waals surface area contributed by atoms with Gasteiger partial charge in [0.25, 0.3) is 0 Å². The molecule has 0 aromatic heterocycles. The van der Waals surface area contributed by atoms with Crippen LogP contribution in [-0.4, -0.2) is 78.4 Å². The minimum Gasteiger partial charge on any atom is -0.351 e. The van der Waals surface area contributed by atoms with Crippen LogP contribution in [0.1, 0.15) is 57.8 Å². The molecule has 3 fully saturated rings. The lowest BCUT2D eigenvalue weighted by Gasteiger charge is -2.33. The molecular weight excluding hydrogens is 344 g/mol. The number of likely N-dealkylation sites (tertiary alicyclic amines) is 2. The van der Waals surface area contributed by atoms with Crippen LogP contribution in [0.4, 0.5) is 4.79 Å². The normalized spacial score (nSPS) is 25.4. The van der Waals surface area contributed by atoms with Gasteiger partial charge in [0, 0.05) is 52.1 Å². The fourth-order valence-electron chi connectivity index (χ4n) is 4.69. The highest BCUT2D eigenvalue weighted by molar-refractivity contribution is 5.83. The van der Waals surface area contributed by atoms with E-state index >= 15 is 0 Å². The number of carbonyl (C=O) groups is 3. The van der Waals surface area contributed by atoms with E-state index in [-0.39, 0.29) is 29.8 Å². The molecule has 1 atom stereocenters. The topological polar surface area (TPSA) is 73.0 Å². The fourth-order valence-corrected chi connectivity index (χ4v) is 4.69. The molecule has 1 saturated carbocycles. The first-order chi connectivity index (χ1) is 13.0. The van der Waals surface area contributed by atoms with Crippen molar-refractivity contribution in [3.63, 3.8) is 0 Å². The third-order valence-electron chi connectivity index (χ3n) is 6.29. The van der Waals surface area contributed by atoms with Crippen molar-refractivity contribution < 1.29 is 14.4 Å². The van der Waals surface area contributed by atoms with Gasteiger partial charge in [-0.3, -0.25) is 9.59 Å². The largest absolute Gasteiger partial charge is 0.351 e. The number of nitrogens with zero attached hydrogens (tertiary/aromatic N) is 3. The first-order valence-electron chi connectivity index (χ1n) is 10.5. The van der Waals surface area contributed by atoms with Gasteiger partial charge in [-0.25, -0.2) is 4.79 Å². The number of piperidine rings is 1. The Morgan fingerprint density at radius 3 is 2.22 bits per heavy atom. The summed E-state index contributed by atoms with van der Waals surface area (Å²) in [5, 5.41) is 3.12. The second-order valence-corrected chi connectivity index (χ2v) is 8.54. The molecule has 3 rings (SSSR count). The number of hydrogen-bond acceptors (Lipinski definition) is 3. The molecule has 0 spiro atoms. The summed E-state index contributed by atoms with van der Waals surface area (Å²) in [6.45, 7) is 1.90. The van der Waals surface area contributed by atoms with E-state index in [1.807, 2.05) is 4.90 Å². The zero-order valence-electron chi connectivity index (χ0n) is 16.8. The molecule has 4 amide bonds. The summed E-state index contributed by atoms with van der Waals surface area (Å²) < 4.78 is 0. The van der Waals surface area contributed by atoms with E-state index in [0.717, 1.165) is 12.8 Å². The van der Waals surface area contributed by atoms with Crippen molar-refractivity contribution in [1.82, 2.24) is 20.0 Å². The van der Waals surface area contributed by atoms with Gasteiger partial charge in [0.1, 0.15) is 0 Å². The lowest BCUT2D eigenvalue weighted by Crippen LogP contribution is -2.48. The molecule has 7 heteroatoms. The molecule has 152 valence electrons. The lowest BCUT2D eigenvalue weighted by molar-refractivity contribution is -0.129. The van der Waals surface area contributed by atoms with Gasteiger partial charge in [-0.05, 0) is 25.7 Å². The molecule has 3 aliphatic rings. The van der Waals surface area contributed by atoms with E-state index in [0.29, 0.717) is 44.9 Å². The summed E-state index contributed by atoms with van der Waals surface area (Å²) in [7, 11) is 3.50. The summed E-state index contributed by atoms with van der Waals surface area (Å²) in [5.41, 5.74) is 0. The summed E-state index contributed by atoms with van der Waals surface area (Å²) in [5.74, 6) is 0.185. The zero-order valence-corrected chi connectivity index (χ0v) is 16.8. The Labute approximate surface area is 162 Å². The van der Waals surface area contributed by atoms with Crippen molar-refractivity contribution in [2.45, 2.75) is 69.9 Å². The average Bonchev–Trinajstić information content (AvgIpc) is 2.86. The van der Waals surface area contributed by atoms with Crippen LogP contribution in [0.5, 0.6) is 0 Å². The number of rotatable bonds is 3. The smallest absolute Gasteiger partial charge is 0.319 e. The Hall–Kier alpha value is -1.79. The van der Waals surface area contributed by atoms with E-state index in [1.54, 1.807) is 23.9 Å². The van der Waals surface area contributed by atoms with Gasteiger partial charge in [-0.15, -0.1) is 0 Å². The van der Waals surface area contributed by atoms with Gasteiger partial charge < -0.3 is 20.0 Å². The van der Waals surface area contributed by atoms with Crippen LogP contribution in [0.3, 0.4) is 0 Å². The maximum atomic E-state index is 12.7. The maximum Gasteiger partial charge on any atom is 0.319 e. The molecule has 2 heterocycles. The first-order valence-corrected chi connectivity index (χ1v) is 10.5. The van der Waals surface area contributed by atoms with Crippen LogP contribution in [0.25, 0.3) is 0 Å². The van der Waals surface area contributed by atoms with Gasteiger partial charge in [-0.2, -0.15) is 0 Å². The van der Waals surface area contributed by atoms with E-state index in [2.05, 4.69) is 5.32 Å². The Morgan fingerprint density at radius 2 is 1.63 bits per heavy atom. The minimum atomic E-state index is -0.0605. The molecule has 2 saturated heterocycles. The van der Waals surface area contributed by atoms with E-state index in [1.165, 1.54) is 25.7 Å². The summed E-state index contributed by atoms with van der Waals surface area (Å²) in [6, 6.07) is 0.311. The summed E-state index contributed by atoms with van der Waals surface area (Å²) >= 11 is 0. The number of carbonyl (C=O) groups excluding carboxylic acids is 3. The van der Waals surface area contributed by atoms with Crippen molar-refractivity contribution >= 4 is 17.8 Å². The molecule has 7 nitrogen and oxygen atoms in total. The summed E-state index contributed by atoms with van der Waals surface area (Å²) in [6.07, 6.45) is 8.97. The van der Waals surface area contributed by atoms with Crippen molar-refractivity contribution in [3.8, 4) is 0 Å². The van der Waals surface area contributed by atoms with Crippen molar-refractivity contribution in [2.75, 3.05) is 33.7 Å². The molecule has 1 N–H and O–H groups in total. The third-order valence-corrected chi connectivity index (χ3v) is 6.29. The highest BCUT2D eigenvalue weighted by Gasteiger charge is 2.36. The van der Waals surface area contributed by atoms with E-state index in [9.17, 15) is 14.4 Å². The second-order valence-electron chi connectivity index (χ2n) is 8.54. The standard InChI is InChI=1S/C20H34N4O3/c1-22(2)20(27)23-11-9-15(10-12-23)19(26)21-16-13-18(25)24(14-16)17-7-5-3-4-6-8-17/h15-17H,3-14H2,1-2H3,(H,21,26)/t16-/m0/s1. The lowest BCUT2D eigenvalue weighted by atomic mass is 9.95. The van der Waals surface area contributed by atoms with E-state index < -0.39 is 0 Å². The highest BCUT2D eigenvalue weighted by Crippen LogP contribution is 2.26. The maximum absolute atomic E-state index is 12.7. The van der Waals surface area contributed by atoms with Crippen molar-refractivity contribution in [3.05, 3.63) is 0 Å². The zero-order chi connectivity index (χ0) is 19.4. The molecule has 0 unspecified atom stereocenters. The number of hydrogen-bond donors (Lipinski definition) is 1. The Kier molecular flexibility index (Phi) is 6.60. The van der Waals surface area contributed by atoms with Crippen LogP contribution in [-0.2, 0) is 9.59 Å². The van der Waals surface area contributed by atoms with Gasteiger partial charge in [0.05, 0.1) is 6.04 Å². The number of amides is 4. The van der Waals surface area contributed by atoms with Crippen molar-refractivity contribution in [2.24, 2.45) is 5.92 Å². The molecule has 0 bridgehead atoms. The molecule has 2 aliphatic heterocycles. The number of urea groups is 1. The highest BCUT2D eigenvalue weighted by atomic mass is 16.2. The quantitative estimate of drug-likeness (QED) is 0.762. The minimum absolute atomic E-state index is 0.00860. The summed E-state index contributed by atoms with van der Waals surface area (Å²) in [4.78, 5) is 42.5. The van der Waals surface area contributed by atoms with Crippen LogP contribution in [0.15, 0.2) is 0 Å². The Morgan fingerprint density at radius 1 is 1.00 bits per heavy atom. The van der Waals surface area contributed by atoms with Gasteiger partial charge >= 0.3 is 6.03 Å². The Bertz CT molecular complexity index is 549. The molecule has 27 heavy (non-hydrogen) atoms. The molecule has 0 radical (unpaired) electrons. The van der Waals surface area contributed by atoms with Gasteiger partial charge in [-0.1, -0.05) is 25.7 Å². The average molecular weight is 379 g/mol. The van der Waals surface area contributed by atoms with E-state index in [4.69, 9.17) is 0 Å². The predicted molar refractivity (Wildman–Crippen MR) is 103 cm³/mol. The predicted octanol–water partition coefficient (Wildman–Crippen LogP) is 1.82. The van der Waals surface area contributed by atoms with Crippen molar-refractivity contribution in [1.29, 1.82) is 0 Å². The Balaban J connectivity index is 1.46.